The van der Waals surface area contributed by atoms with Crippen molar-refractivity contribution in [1.29, 1.82) is 0 Å². The van der Waals surface area contributed by atoms with E-state index in [4.69, 9.17) is 17.3 Å². The first-order valence-corrected chi connectivity index (χ1v) is 10.3. The number of nitrogens with two attached hydrogens (primary N) is 1. The highest BCUT2D eigenvalue weighted by Crippen LogP contribution is 2.28. The molecule has 0 spiro atoms. The minimum atomic E-state index is -3.55. The predicted molar refractivity (Wildman–Crippen MR) is 92.2 cm³/mol. The third-order valence-corrected chi connectivity index (χ3v) is 7.42. The van der Waals surface area contributed by atoms with Gasteiger partial charge in [-0.15, -0.1) is 11.3 Å². The minimum Gasteiger partial charge on any atom is -0.340 e. The maximum Gasteiger partial charge on any atom is 0.252 e. The van der Waals surface area contributed by atoms with Gasteiger partial charge in [-0.05, 0) is 25.0 Å². The SMILES string of the molecule is CCCC(N)C(=O)N1CCCN(S(=O)(=O)c2ccc(Cl)s2)CC1. The van der Waals surface area contributed by atoms with E-state index in [9.17, 15) is 13.2 Å². The van der Waals surface area contributed by atoms with Gasteiger partial charge in [-0.25, -0.2) is 8.42 Å². The van der Waals surface area contributed by atoms with Crippen molar-refractivity contribution in [3.63, 3.8) is 0 Å². The van der Waals surface area contributed by atoms with Gasteiger partial charge in [-0.3, -0.25) is 4.79 Å². The Kier molecular flexibility index (Phi) is 6.44. The van der Waals surface area contributed by atoms with Crippen LogP contribution in [-0.2, 0) is 14.8 Å². The van der Waals surface area contributed by atoms with Crippen molar-refractivity contribution < 1.29 is 13.2 Å². The third-order valence-electron chi connectivity index (χ3n) is 3.83. The first kappa shape index (κ1) is 18.7. The lowest BCUT2D eigenvalue weighted by molar-refractivity contribution is -0.132. The molecule has 0 aliphatic carbocycles. The molecule has 1 saturated heterocycles. The molecule has 1 aliphatic heterocycles. The lowest BCUT2D eigenvalue weighted by Crippen LogP contribution is -2.45. The van der Waals surface area contributed by atoms with Crippen LogP contribution in [0.25, 0.3) is 0 Å². The number of hydrogen-bond donors (Lipinski definition) is 1. The van der Waals surface area contributed by atoms with Gasteiger partial charge in [0.2, 0.25) is 5.91 Å². The number of halogens is 1. The van der Waals surface area contributed by atoms with Gasteiger partial charge in [0.1, 0.15) is 4.21 Å². The van der Waals surface area contributed by atoms with E-state index in [0.29, 0.717) is 36.8 Å². The molecule has 1 amide bonds. The summed E-state index contributed by atoms with van der Waals surface area (Å²) in [5.74, 6) is -0.0923. The maximum absolute atomic E-state index is 12.6. The summed E-state index contributed by atoms with van der Waals surface area (Å²) >= 11 is 6.88. The molecule has 1 fully saturated rings. The summed E-state index contributed by atoms with van der Waals surface area (Å²) < 4.78 is 27.3. The zero-order valence-corrected chi connectivity index (χ0v) is 15.5. The second-order valence-electron chi connectivity index (χ2n) is 5.54. The normalized spacial score (nSPS) is 18.7. The predicted octanol–water partition coefficient (Wildman–Crippen LogP) is 1.75. The molecule has 0 bridgehead atoms. The van der Waals surface area contributed by atoms with E-state index < -0.39 is 16.1 Å². The molecule has 1 aliphatic rings. The number of hydrogen-bond acceptors (Lipinski definition) is 5. The topological polar surface area (TPSA) is 83.7 Å². The average Bonchev–Trinajstić information content (AvgIpc) is 2.81. The second kappa shape index (κ2) is 7.94. The first-order chi connectivity index (χ1) is 10.9. The molecule has 6 nitrogen and oxygen atoms in total. The average molecular weight is 380 g/mol. The molecule has 1 aromatic heterocycles. The van der Waals surface area contributed by atoms with Gasteiger partial charge in [0.25, 0.3) is 10.0 Å². The highest BCUT2D eigenvalue weighted by Gasteiger charge is 2.30. The highest BCUT2D eigenvalue weighted by molar-refractivity contribution is 7.91. The minimum absolute atomic E-state index is 0.0923. The Hall–Kier alpha value is -0.670. The summed E-state index contributed by atoms with van der Waals surface area (Å²) in [7, 11) is -3.55. The molecule has 130 valence electrons. The van der Waals surface area contributed by atoms with E-state index in [1.807, 2.05) is 6.92 Å². The number of carbonyl (C=O) groups is 1. The van der Waals surface area contributed by atoms with Gasteiger partial charge in [0.05, 0.1) is 10.4 Å². The van der Waals surface area contributed by atoms with Crippen LogP contribution < -0.4 is 5.73 Å². The van der Waals surface area contributed by atoms with E-state index in [1.54, 1.807) is 11.0 Å². The molecule has 2 N–H and O–H groups in total. The quantitative estimate of drug-likeness (QED) is 0.844. The molecule has 0 aromatic carbocycles. The molecule has 1 atom stereocenters. The molecule has 9 heteroatoms. The van der Waals surface area contributed by atoms with Crippen LogP contribution in [0.1, 0.15) is 26.2 Å². The van der Waals surface area contributed by atoms with Gasteiger partial charge in [-0.2, -0.15) is 4.31 Å². The van der Waals surface area contributed by atoms with Gasteiger partial charge >= 0.3 is 0 Å². The van der Waals surface area contributed by atoms with Crippen molar-refractivity contribution >= 4 is 38.9 Å². The summed E-state index contributed by atoms with van der Waals surface area (Å²) in [6, 6.07) is 2.60. The molecule has 2 rings (SSSR count). The van der Waals surface area contributed by atoms with Crippen LogP contribution in [0.5, 0.6) is 0 Å². The lowest BCUT2D eigenvalue weighted by atomic mass is 10.1. The van der Waals surface area contributed by atoms with Crippen molar-refractivity contribution in [3.05, 3.63) is 16.5 Å². The van der Waals surface area contributed by atoms with E-state index in [2.05, 4.69) is 0 Å². The zero-order valence-electron chi connectivity index (χ0n) is 13.1. The van der Waals surface area contributed by atoms with E-state index in [0.717, 1.165) is 17.8 Å². The molecule has 0 saturated carbocycles. The molecule has 23 heavy (non-hydrogen) atoms. The Balaban J connectivity index is 2.05. The zero-order chi connectivity index (χ0) is 17.0. The van der Waals surface area contributed by atoms with Crippen molar-refractivity contribution in [2.24, 2.45) is 5.73 Å². The van der Waals surface area contributed by atoms with Crippen LogP contribution in [0.2, 0.25) is 4.34 Å². The fourth-order valence-corrected chi connectivity index (χ4v) is 5.69. The number of thiophene rings is 1. The van der Waals surface area contributed by atoms with Crippen molar-refractivity contribution in [2.45, 2.75) is 36.4 Å². The van der Waals surface area contributed by atoms with Gasteiger partial charge in [0.15, 0.2) is 0 Å². The van der Waals surface area contributed by atoms with E-state index in [-0.39, 0.29) is 16.7 Å². The Morgan fingerprint density at radius 2 is 2.09 bits per heavy atom. The number of carbonyl (C=O) groups excluding carboxylic acids is 1. The summed E-state index contributed by atoms with van der Waals surface area (Å²) in [6.45, 7) is 3.56. The lowest BCUT2D eigenvalue weighted by Gasteiger charge is -2.24. The smallest absolute Gasteiger partial charge is 0.252 e. The van der Waals surface area contributed by atoms with Gasteiger partial charge in [0, 0.05) is 26.2 Å². The monoisotopic (exact) mass is 379 g/mol. The largest absolute Gasteiger partial charge is 0.340 e. The third kappa shape index (κ3) is 4.45. The summed E-state index contributed by atoms with van der Waals surface area (Å²) in [5.41, 5.74) is 5.89. The van der Waals surface area contributed by atoms with E-state index >= 15 is 0 Å². The maximum atomic E-state index is 12.6. The molecule has 2 heterocycles. The Labute approximate surface area is 146 Å². The van der Waals surface area contributed by atoms with Crippen LogP contribution in [0.3, 0.4) is 0 Å². The van der Waals surface area contributed by atoms with Crippen molar-refractivity contribution in [2.75, 3.05) is 26.2 Å². The van der Waals surface area contributed by atoms with Crippen LogP contribution >= 0.6 is 22.9 Å². The first-order valence-electron chi connectivity index (χ1n) is 7.66. The second-order valence-corrected chi connectivity index (χ2v) is 9.42. The number of sulfonamides is 1. The highest BCUT2D eigenvalue weighted by atomic mass is 35.5. The number of rotatable bonds is 5. The Morgan fingerprint density at radius 3 is 2.70 bits per heavy atom. The van der Waals surface area contributed by atoms with Gasteiger partial charge < -0.3 is 10.6 Å². The molecule has 0 radical (unpaired) electrons. The van der Waals surface area contributed by atoms with Gasteiger partial charge in [-0.1, -0.05) is 24.9 Å². The van der Waals surface area contributed by atoms with E-state index in [1.165, 1.54) is 10.4 Å². The standard InChI is InChI=1S/C14H22ClN3O3S2/c1-2-4-11(16)14(19)17-7-3-8-18(10-9-17)23(20,21)13-6-5-12(15)22-13/h5-6,11H,2-4,7-10,16H2,1H3. The number of amides is 1. The summed E-state index contributed by atoms with van der Waals surface area (Å²) in [6.07, 6.45) is 2.09. The fraction of sp³-hybridized carbons (Fsp3) is 0.643. The van der Waals surface area contributed by atoms with Crippen LogP contribution in [0, 0.1) is 0 Å². The summed E-state index contributed by atoms with van der Waals surface area (Å²) in [5, 5.41) is 0. The molecular formula is C14H22ClN3O3S2. The summed E-state index contributed by atoms with van der Waals surface area (Å²) in [4.78, 5) is 14.0. The molecular weight excluding hydrogens is 358 g/mol. The Morgan fingerprint density at radius 1 is 1.35 bits per heavy atom. The molecule has 1 unspecified atom stereocenters. The Bertz CT molecular complexity index is 647. The van der Waals surface area contributed by atoms with Crippen LogP contribution in [-0.4, -0.2) is 55.8 Å². The van der Waals surface area contributed by atoms with Crippen LogP contribution in [0.15, 0.2) is 16.3 Å². The fourth-order valence-electron chi connectivity index (χ4n) is 2.59. The van der Waals surface area contributed by atoms with Crippen LogP contribution in [0.4, 0.5) is 0 Å². The molecule has 1 aromatic rings. The number of nitrogens with zero attached hydrogens (tertiary/aromatic N) is 2. The van der Waals surface area contributed by atoms with Crippen molar-refractivity contribution in [1.82, 2.24) is 9.21 Å². The van der Waals surface area contributed by atoms with Crippen molar-refractivity contribution in [3.8, 4) is 0 Å².